The molecule has 6 nitrogen and oxygen atoms in total. The van der Waals surface area contributed by atoms with Crippen molar-refractivity contribution in [1.29, 1.82) is 0 Å². The summed E-state index contributed by atoms with van der Waals surface area (Å²) in [5, 5.41) is 4.46. The lowest BCUT2D eigenvalue weighted by atomic mass is 10.00. The minimum atomic E-state index is 0.0507. The zero-order chi connectivity index (χ0) is 19.0. The van der Waals surface area contributed by atoms with Crippen molar-refractivity contribution in [2.24, 2.45) is 7.05 Å². The molecule has 0 saturated carbocycles. The van der Waals surface area contributed by atoms with Gasteiger partial charge < -0.3 is 9.88 Å². The van der Waals surface area contributed by atoms with Crippen LogP contribution in [0.15, 0.2) is 24.3 Å². The molecule has 1 saturated heterocycles. The van der Waals surface area contributed by atoms with Crippen molar-refractivity contribution in [2.45, 2.75) is 52.0 Å². The lowest BCUT2D eigenvalue weighted by Crippen LogP contribution is -2.39. The minimum absolute atomic E-state index is 0.0507. The minimum Gasteiger partial charge on any atom is -0.340 e. The molecule has 142 valence electrons. The maximum atomic E-state index is 13.1. The van der Waals surface area contributed by atoms with Crippen molar-refractivity contribution in [3.63, 3.8) is 0 Å². The normalized spacial score (nSPS) is 17.6. The van der Waals surface area contributed by atoms with Crippen LogP contribution >= 0.6 is 0 Å². The molecule has 27 heavy (non-hydrogen) atoms. The van der Waals surface area contributed by atoms with E-state index >= 15 is 0 Å². The maximum absolute atomic E-state index is 13.1. The molecule has 0 bridgehead atoms. The highest BCUT2D eigenvalue weighted by Crippen LogP contribution is 2.31. The Hall–Kier alpha value is -2.63. The maximum Gasteiger partial charge on any atom is 0.223 e. The molecule has 0 aliphatic carbocycles. The predicted octanol–water partition coefficient (Wildman–Crippen LogP) is 3.60. The van der Waals surface area contributed by atoms with Gasteiger partial charge in [-0.1, -0.05) is 12.1 Å². The first-order chi connectivity index (χ1) is 13.0. The Labute approximate surface area is 159 Å². The molecular formula is C21H27N5O. The van der Waals surface area contributed by atoms with Gasteiger partial charge in [0.25, 0.3) is 0 Å². The second-order valence-electron chi connectivity index (χ2n) is 7.51. The SMILES string of the molecule is Cc1nn(C)c(C)c1CCC(=O)N1CCCC[C@@H]1c1nc2ccccc2[nH]1. The third-order valence-electron chi connectivity index (χ3n) is 5.79. The fourth-order valence-electron chi connectivity index (χ4n) is 4.20. The molecule has 0 spiro atoms. The number of rotatable bonds is 4. The Bertz CT molecular complexity index is 937. The average Bonchev–Trinajstić information content (AvgIpc) is 3.21. The van der Waals surface area contributed by atoms with Gasteiger partial charge in [-0.2, -0.15) is 5.10 Å². The van der Waals surface area contributed by atoms with Crippen LogP contribution in [0.4, 0.5) is 0 Å². The fraction of sp³-hybridized carbons (Fsp3) is 0.476. The van der Waals surface area contributed by atoms with Gasteiger partial charge in [0.05, 0.1) is 22.8 Å². The summed E-state index contributed by atoms with van der Waals surface area (Å²) >= 11 is 0. The van der Waals surface area contributed by atoms with E-state index in [1.807, 2.05) is 47.8 Å². The van der Waals surface area contributed by atoms with Crippen molar-refractivity contribution in [1.82, 2.24) is 24.6 Å². The number of likely N-dealkylation sites (tertiary alicyclic amines) is 1. The quantitative estimate of drug-likeness (QED) is 0.768. The molecule has 1 aromatic carbocycles. The Balaban J connectivity index is 1.52. The molecule has 2 aromatic heterocycles. The third-order valence-corrected chi connectivity index (χ3v) is 5.79. The van der Waals surface area contributed by atoms with Crippen molar-refractivity contribution in [2.75, 3.05) is 6.54 Å². The second-order valence-corrected chi connectivity index (χ2v) is 7.51. The summed E-state index contributed by atoms with van der Waals surface area (Å²) in [6.45, 7) is 4.90. The number of amides is 1. The third kappa shape index (κ3) is 3.36. The molecule has 1 amide bonds. The monoisotopic (exact) mass is 365 g/mol. The molecule has 1 atom stereocenters. The van der Waals surface area contributed by atoms with E-state index in [2.05, 4.69) is 17.0 Å². The number of hydrogen-bond acceptors (Lipinski definition) is 3. The summed E-state index contributed by atoms with van der Waals surface area (Å²) in [7, 11) is 1.95. The van der Waals surface area contributed by atoms with Crippen LogP contribution in [0.5, 0.6) is 0 Å². The highest BCUT2D eigenvalue weighted by Gasteiger charge is 2.30. The Morgan fingerprint density at radius 3 is 2.81 bits per heavy atom. The number of H-pyrrole nitrogens is 1. The topological polar surface area (TPSA) is 66.8 Å². The number of aromatic nitrogens is 4. The highest BCUT2D eigenvalue weighted by molar-refractivity contribution is 5.78. The van der Waals surface area contributed by atoms with Gasteiger partial charge in [0, 0.05) is 25.7 Å². The van der Waals surface area contributed by atoms with Crippen LogP contribution in [0.1, 0.15) is 54.5 Å². The van der Waals surface area contributed by atoms with E-state index in [0.717, 1.165) is 60.5 Å². The van der Waals surface area contributed by atoms with Crippen LogP contribution in [0.25, 0.3) is 11.0 Å². The standard InChI is InChI=1S/C21H27N5O/c1-14-16(15(2)25(3)24-14)11-12-20(27)26-13-7-6-10-19(26)21-22-17-8-4-5-9-18(17)23-21/h4-5,8-9,19H,6-7,10-13H2,1-3H3,(H,22,23)/t19-/m1/s1. The first-order valence-electron chi connectivity index (χ1n) is 9.78. The van der Waals surface area contributed by atoms with Gasteiger partial charge in [0.15, 0.2) is 0 Å². The average molecular weight is 365 g/mol. The summed E-state index contributed by atoms with van der Waals surface area (Å²) in [5.41, 5.74) is 5.37. The van der Waals surface area contributed by atoms with Crippen molar-refractivity contribution >= 4 is 16.9 Å². The summed E-state index contributed by atoms with van der Waals surface area (Å²) < 4.78 is 1.90. The first kappa shape index (κ1) is 17.8. The van der Waals surface area contributed by atoms with E-state index in [4.69, 9.17) is 4.98 Å². The van der Waals surface area contributed by atoms with Gasteiger partial charge >= 0.3 is 0 Å². The van der Waals surface area contributed by atoms with E-state index in [1.165, 1.54) is 5.56 Å². The number of piperidine rings is 1. The molecule has 1 aliphatic heterocycles. The Kier molecular flexibility index (Phi) is 4.72. The predicted molar refractivity (Wildman–Crippen MR) is 105 cm³/mol. The Morgan fingerprint density at radius 2 is 2.07 bits per heavy atom. The molecule has 3 heterocycles. The zero-order valence-electron chi connectivity index (χ0n) is 16.3. The molecule has 0 radical (unpaired) electrons. The van der Waals surface area contributed by atoms with Gasteiger partial charge in [-0.25, -0.2) is 4.98 Å². The molecular weight excluding hydrogens is 338 g/mol. The molecule has 4 rings (SSSR count). The molecule has 0 unspecified atom stereocenters. The number of aryl methyl sites for hydroxylation is 2. The number of carbonyl (C=O) groups excluding carboxylic acids is 1. The van der Waals surface area contributed by atoms with Crippen LogP contribution in [-0.4, -0.2) is 37.1 Å². The lowest BCUT2D eigenvalue weighted by molar-refractivity contribution is -0.135. The second kappa shape index (κ2) is 7.18. The van der Waals surface area contributed by atoms with Gasteiger partial charge in [-0.3, -0.25) is 9.48 Å². The number of para-hydroxylation sites is 2. The van der Waals surface area contributed by atoms with Crippen molar-refractivity contribution < 1.29 is 4.79 Å². The molecule has 1 fully saturated rings. The van der Waals surface area contributed by atoms with Gasteiger partial charge in [0.2, 0.25) is 5.91 Å². The van der Waals surface area contributed by atoms with Crippen molar-refractivity contribution in [3.8, 4) is 0 Å². The number of imidazole rings is 1. The van der Waals surface area contributed by atoms with Crippen LogP contribution in [-0.2, 0) is 18.3 Å². The zero-order valence-corrected chi connectivity index (χ0v) is 16.3. The van der Waals surface area contributed by atoms with Gasteiger partial charge in [-0.15, -0.1) is 0 Å². The number of fused-ring (bicyclic) bond motifs is 1. The van der Waals surface area contributed by atoms with Gasteiger partial charge in [-0.05, 0) is 57.2 Å². The largest absolute Gasteiger partial charge is 0.340 e. The number of nitrogens with one attached hydrogen (secondary N) is 1. The molecule has 1 N–H and O–H groups in total. The molecule has 1 aliphatic rings. The summed E-state index contributed by atoms with van der Waals surface area (Å²) in [4.78, 5) is 23.3. The van der Waals surface area contributed by atoms with E-state index in [1.54, 1.807) is 0 Å². The number of benzene rings is 1. The fourth-order valence-corrected chi connectivity index (χ4v) is 4.20. The van der Waals surface area contributed by atoms with E-state index < -0.39 is 0 Å². The number of hydrogen-bond donors (Lipinski definition) is 1. The first-order valence-corrected chi connectivity index (χ1v) is 9.78. The van der Waals surface area contributed by atoms with Crippen molar-refractivity contribution in [3.05, 3.63) is 47.0 Å². The van der Waals surface area contributed by atoms with E-state index in [9.17, 15) is 4.79 Å². The smallest absolute Gasteiger partial charge is 0.223 e. The van der Waals surface area contributed by atoms with Crippen LogP contribution < -0.4 is 0 Å². The number of aromatic amines is 1. The lowest BCUT2D eigenvalue weighted by Gasteiger charge is -2.34. The van der Waals surface area contributed by atoms with E-state index in [-0.39, 0.29) is 11.9 Å². The van der Waals surface area contributed by atoms with Gasteiger partial charge in [0.1, 0.15) is 5.82 Å². The van der Waals surface area contributed by atoms with Crippen LogP contribution in [0.3, 0.4) is 0 Å². The Morgan fingerprint density at radius 1 is 1.26 bits per heavy atom. The molecule has 3 aromatic rings. The highest BCUT2D eigenvalue weighted by atomic mass is 16.2. The summed E-state index contributed by atoms with van der Waals surface area (Å²) in [5.74, 6) is 1.13. The van der Waals surface area contributed by atoms with Crippen LogP contribution in [0.2, 0.25) is 0 Å². The number of carbonyl (C=O) groups is 1. The summed E-state index contributed by atoms with van der Waals surface area (Å²) in [6.07, 6.45) is 4.42. The number of nitrogens with zero attached hydrogens (tertiary/aromatic N) is 4. The summed E-state index contributed by atoms with van der Waals surface area (Å²) in [6, 6.07) is 8.10. The molecule has 6 heteroatoms. The van der Waals surface area contributed by atoms with E-state index in [0.29, 0.717) is 6.42 Å². The van der Waals surface area contributed by atoms with Crippen LogP contribution in [0, 0.1) is 13.8 Å².